The third kappa shape index (κ3) is 2.48. The molecule has 6 heteroatoms. The molecule has 0 aliphatic carbocycles. The van der Waals surface area contributed by atoms with Gasteiger partial charge in [0.2, 0.25) is 0 Å². The Morgan fingerprint density at radius 3 is 2.71 bits per heavy atom. The Morgan fingerprint density at radius 2 is 1.83 bits per heavy atom. The quantitative estimate of drug-likeness (QED) is 0.582. The van der Waals surface area contributed by atoms with Crippen LogP contribution in [0.1, 0.15) is 11.3 Å². The van der Waals surface area contributed by atoms with E-state index in [0.29, 0.717) is 6.54 Å². The summed E-state index contributed by atoms with van der Waals surface area (Å²) in [4.78, 5) is 16.4. The Kier molecular flexibility index (Phi) is 3.42. The number of rotatable bonds is 3. The zero-order valence-corrected chi connectivity index (χ0v) is 13.1. The molecule has 0 aliphatic heterocycles. The predicted octanol–water partition coefficient (Wildman–Crippen LogP) is 2.33. The highest BCUT2D eigenvalue weighted by Gasteiger charge is 2.09. The summed E-state index contributed by atoms with van der Waals surface area (Å²) in [6.07, 6.45) is 3.19. The summed E-state index contributed by atoms with van der Waals surface area (Å²) in [7, 11) is 0. The first-order chi connectivity index (χ1) is 11.7. The molecule has 0 atom stereocenters. The molecule has 0 unspecified atom stereocenters. The highest BCUT2D eigenvalue weighted by Crippen LogP contribution is 2.13. The number of hydrogen-bond acceptors (Lipinski definition) is 4. The van der Waals surface area contributed by atoms with E-state index in [0.717, 1.165) is 28.0 Å². The van der Waals surface area contributed by atoms with Crippen LogP contribution in [0.5, 0.6) is 0 Å². The number of fused-ring (bicyclic) bond motifs is 1. The van der Waals surface area contributed by atoms with Crippen LogP contribution in [-0.2, 0) is 6.54 Å². The molecule has 0 fully saturated rings. The van der Waals surface area contributed by atoms with Crippen LogP contribution < -0.4 is 5.56 Å². The normalized spacial score (nSPS) is 11.0. The molecule has 2 aromatic heterocycles. The Bertz CT molecular complexity index is 1080. The summed E-state index contributed by atoms with van der Waals surface area (Å²) in [6, 6.07) is 15.5. The van der Waals surface area contributed by atoms with Crippen molar-refractivity contribution in [3.8, 4) is 5.69 Å². The summed E-state index contributed by atoms with van der Waals surface area (Å²) in [6.45, 7) is 2.38. The van der Waals surface area contributed by atoms with Gasteiger partial charge in [-0.2, -0.15) is 0 Å². The lowest BCUT2D eigenvalue weighted by Crippen LogP contribution is -2.21. The van der Waals surface area contributed by atoms with Gasteiger partial charge in [0.15, 0.2) is 0 Å². The Balaban J connectivity index is 1.74. The second-order valence-corrected chi connectivity index (χ2v) is 5.61. The zero-order chi connectivity index (χ0) is 16.5. The van der Waals surface area contributed by atoms with E-state index in [-0.39, 0.29) is 5.56 Å². The molecule has 118 valence electrons. The molecule has 2 aromatic carbocycles. The highest BCUT2D eigenvalue weighted by molar-refractivity contribution is 5.74. The molecule has 0 bridgehead atoms. The maximum absolute atomic E-state index is 12.2. The van der Waals surface area contributed by atoms with Crippen LogP contribution in [0.4, 0.5) is 0 Å². The molecule has 0 amide bonds. The molecule has 2 heterocycles. The molecule has 0 aliphatic rings. The fourth-order valence-corrected chi connectivity index (χ4v) is 2.75. The second kappa shape index (κ2) is 5.73. The smallest absolute Gasteiger partial charge is 0.269 e. The van der Waals surface area contributed by atoms with Gasteiger partial charge < -0.3 is 0 Å². The molecule has 0 N–H and O–H groups in total. The van der Waals surface area contributed by atoms with Crippen LogP contribution in [0.2, 0.25) is 0 Å². The first kappa shape index (κ1) is 14.3. The number of aromatic nitrogens is 5. The summed E-state index contributed by atoms with van der Waals surface area (Å²) >= 11 is 0. The number of para-hydroxylation sites is 3. The lowest BCUT2D eigenvalue weighted by molar-refractivity contribution is 0.750. The molecule has 4 aromatic rings. The van der Waals surface area contributed by atoms with Crippen molar-refractivity contribution in [2.45, 2.75) is 13.5 Å². The number of hydrogen-bond donors (Lipinski definition) is 0. The first-order valence-corrected chi connectivity index (χ1v) is 7.64. The Labute approximate surface area is 138 Å². The maximum Gasteiger partial charge on any atom is 0.269 e. The van der Waals surface area contributed by atoms with E-state index in [1.54, 1.807) is 9.25 Å². The van der Waals surface area contributed by atoms with Crippen molar-refractivity contribution >= 4 is 11.0 Å². The summed E-state index contributed by atoms with van der Waals surface area (Å²) in [5.41, 5.74) is 4.22. The van der Waals surface area contributed by atoms with Crippen LogP contribution in [0, 0.1) is 6.92 Å². The fraction of sp³-hybridized carbons (Fsp3) is 0.111. The molecular formula is C18H15N5O. The van der Waals surface area contributed by atoms with Crippen molar-refractivity contribution in [1.82, 2.24) is 24.5 Å². The van der Waals surface area contributed by atoms with E-state index in [1.807, 2.05) is 61.7 Å². The molecule has 6 nitrogen and oxygen atoms in total. The third-order valence-electron chi connectivity index (χ3n) is 3.98. The van der Waals surface area contributed by atoms with E-state index >= 15 is 0 Å². The monoisotopic (exact) mass is 317 g/mol. The van der Waals surface area contributed by atoms with Crippen LogP contribution >= 0.6 is 0 Å². The molecule has 0 saturated carbocycles. The standard InChI is InChI=1S/C18H15N5O/c1-13-6-2-4-8-16(13)23-12-14(20-21-23)11-22-17-9-5-3-7-15(17)19-10-18(22)24/h2-10,12H,11H2,1H3. The van der Waals surface area contributed by atoms with E-state index < -0.39 is 0 Å². The van der Waals surface area contributed by atoms with Crippen LogP contribution in [0.3, 0.4) is 0 Å². The Morgan fingerprint density at radius 1 is 1.04 bits per heavy atom. The van der Waals surface area contributed by atoms with Crippen LogP contribution in [0.15, 0.2) is 65.7 Å². The van der Waals surface area contributed by atoms with Crippen LogP contribution in [0.25, 0.3) is 16.7 Å². The number of nitrogens with zero attached hydrogens (tertiary/aromatic N) is 5. The van der Waals surface area contributed by atoms with Gasteiger partial charge in [0.25, 0.3) is 5.56 Å². The minimum Gasteiger partial charge on any atom is -0.299 e. The first-order valence-electron chi connectivity index (χ1n) is 7.64. The molecule has 0 spiro atoms. The van der Waals surface area contributed by atoms with Gasteiger partial charge in [0.05, 0.1) is 35.7 Å². The summed E-state index contributed by atoms with van der Waals surface area (Å²) < 4.78 is 3.40. The number of aryl methyl sites for hydroxylation is 1. The van der Waals surface area contributed by atoms with E-state index in [1.165, 1.54) is 6.20 Å². The summed E-state index contributed by atoms with van der Waals surface area (Å²) in [5, 5.41) is 8.40. The van der Waals surface area contributed by atoms with Gasteiger partial charge in [-0.15, -0.1) is 5.10 Å². The van der Waals surface area contributed by atoms with Gasteiger partial charge in [-0.1, -0.05) is 35.5 Å². The minimum atomic E-state index is -0.154. The van der Waals surface area contributed by atoms with Gasteiger partial charge in [-0.3, -0.25) is 9.36 Å². The molecular weight excluding hydrogens is 302 g/mol. The molecule has 0 saturated heterocycles. The van der Waals surface area contributed by atoms with Crippen molar-refractivity contribution < 1.29 is 0 Å². The van der Waals surface area contributed by atoms with Crippen molar-refractivity contribution in [2.75, 3.05) is 0 Å². The third-order valence-corrected chi connectivity index (χ3v) is 3.98. The van der Waals surface area contributed by atoms with Gasteiger partial charge in [0, 0.05) is 0 Å². The molecule has 4 rings (SSSR count). The average molecular weight is 317 g/mol. The van der Waals surface area contributed by atoms with Crippen molar-refractivity contribution in [2.24, 2.45) is 0 Å². The van der Waals surface area contributed by atoms with Crippen LogP contribution in [-0.4, -0.2) is 24.5 Å². The Hall–Kier alpha value is -3.28. The fourth-order valence-electron chi connectivity index (χ4n) is 2.75. The van der Waals surface area contributed by atoms with Crippen molar-refractivity contribution in [3.63, 3.8) is 0 Å². The van der Waals surface area contributed by atoms with Crippen molar-refractivity contribution in [1.29, 1.82) is 0 Å². The van der Waals surface area contributed by atoms with E-state index in [4.69, 9.17) is 0 Å². The molecule has 24 heavy (non-hydrogen) atoms. The van der Waals surface area contributed by atoms with Gasteiger partial charge >= 0.3 is 0 Å². The second-order valence-electron chi connectivity index (χ2n) is 5.61. The van der Waals surface area contributed by atoms with E-state index in [9.17, 15) is 4.79 Å². The lowest BCUT2D eigenvalue weighted by Gasteiger charge is -2.07. The number of benzene rings is 2. The minimum absolute atomic E-state index is 0.154. The zero-order valence-electron chi connectivity index (χ0n) is 13.1. The van der Waals surface area contributed by atoms with Gasteiger partial charge in [-0.05, 0) is 30.7 Å². The van der Waals surface area contributed by atoms with Gasteiger partial charge in [0.1, 0.15) is 5.69 Å². The largest absolute Gasteiger partial charge is 0.299 e. The van der Waals surface area contributed by atoms with Crippen molar-refractivity contribution in [3.05, 3.63) is 82.5 Å². The SMILES string of the molecule is Cc1ccccc1-n1cc(Cn2c(=O)cnc3ccccc32)nn1. The highest BCUT2D eigenvalue weighted by atomic mass is 16.1. The average Bonchev–Trinajstić information content (AvgIpc) is 3.06. The van der Waals surface area contributed by atoms with E-state index in [2.05, 4.69) is 15.3 Å². The van der Waals surface area contributed by atoms with Gasteiger partial charge in [-0.25, -0.2) is 9.67 Å². The summed E-state index contributed by atoms with van der Waals surface area (Å²) in [5.74, 6) is 0. The lowest BCUT2D eigenvalue weighted by atomic mass is 10.2. The maximum atomic E-state index is 12.2. The topological polar surface area (TPSA) is 65.6 Å². The predicted molar refractivity (Wildman–Crippen MR) is 91.2 cm³/mol. The molecule has 0 radical (unpaired) electrons.